The predicted octanol–water partition coefficient (Wildman–Crippen LogP) is 1.82. The number of aromatic hydroxyl groups is 1. The number of phenols is 1. The van der Waals surface area contributed by atoms with Gasteiger partial charge in [0.2, 0.25) is 82.7 Å². The van der Waals surface area contributed by atoms with E-state index in [-0.39, 0.29) is 101 Å². The van der Waals surface area contributed by atoms with Gasteiger partial charge < -0.3 is 104 Å². The van der Waals surface area contributed by atoms with E-state index in [1.54, 1.807) is 123 Å². The van der Waals surface area contributed by atoms with Crippen LogP contribution < -0.4 is 59.7 Å². The van der Waals surface area contributed by atoms with E-state index in [0.29, 0.717) is 54.2 Å². The Morgan fingerprint density at radius 3 is 1.65 bits per heavy atom. The molecule has 2 fully saturated rings. The van der Waals surface area contributed by atoms with Crippen molar-refractivity contribution in [2.24, 2.45) is 29.0 Å². The number of likely N-dealkylation sites (tertiary alicyclic amines) is 2. The Morgan fingerprint density at radius 1 is 0.547 bits per heavy atom. The number of fused-ring (bicyclic) bond motifs is 1. The second-order valence-electron chi connectivity index (χ2n) is 33.4. The van der Waals surface area contributed by atoms with Crippen LogP contribution in [0.3, 0.4) is 0 Å². The molecule has 36 heteroatoms. The van der Waals surface area contributed by atoms with Crippen molar-refractivity contribution in [1.29, 1.82) is 0 Å². The number of likely N-dealkylation sites (N-methyl/N-ethyl adjacent to an activating group) is 3. The first-order valence-electron chi connectivity index (χ1n) is 43.4. The maximum Gasteiger partial charge on any atom is 0.305 e. The number of nitrogens with zero attached hydrogens (tertiary/aromatic N) is 5. The maximum atomic E-state index is 15.7. The van der Waals surface area contributed by atoms with Gasteiger partial charge in [0.05, 0.1) is 30.8 Å². The van der Waals surface area contributed by atoms with Crippen LogP contribution in [0.4, 0.5) is 0 Å². The fourth-order valence-electron chi connectivity index (χ4n) is 15.8. The number of nitrogens with one attached hydrogen (secondary N) is 9. The summed E-state index contributed by atoms with van der Waals surface area (Å²) < 4.78 is 0. The number of carboxylic acid groups (broad SMARTS) is 1. The first-order chi connectivity index (χ1) is 61.1. The van der Waals surface area contributed by atoms with E-state index in [2.05, 4.69) is 47.5 Å². The SMILES string of the molecule is CCCC[C@@H](C(=O)N1CCC[C@@H]1C(=O)N[C@@H](CCN)C(=O)N[C@H](C(=O)N(C)[C@@H](Cc1ccccc1)C(=O)N[C@@H](CC(=O)O)C(=O)N1CCC[C@@H]1C(=O)N[C@H](C=O)Cc1c[nH]c2ccccc12)C(C)C)N(C)C(=O)[C@H](Cc1ccccc1)N(C)C(=O)[C@H](Cc1ccccc1)NC(=O)CSC[C@H](NC(=O)[C@H](CC(C)C)NC(=O)[C@@H](N)Cc1ccc(O)cc1)C(=O)NCC(N)=O. The maximum absolute atomic E-state index is 15.7. The molecule has 17 N–H and O–H groups in total. The molecule has 2 aliphatic rings. The molecule has 0 aliphatic carbocycles. The number of unbranched alkanes of at least 4 members (excludes halogenated alkanes) is 1. The standard InChI is InChI=1S/C92H123N17O18S/c1-9-10-32-74(105(6)90(125)76(47-59-28-18-13-19-29-59)107(8)88(123)69(45-57-24-14-11-15-25-57)99-78(113)54-128-53-71(82(117)97-51-77(95)112)103-84(119)68(43-55(2)3)101-81(116)65(94)44-60-35-37-63(111)38-36-60)91(126)109-42-23-34-73(109)86(121)100-67(39-40-93)83(118)104-80(56(4)5)92(127)106(7)75(46-58-26-16-12-17-27-58)87(122)102-70(49-79(114)115)89(124)108-41-22-33-72(108)85(120)98-62(52-110)48-61-50-96-66-31-21-20-30-64(61)66/h11-21,24-31,35-38,50,52,55-56,62,65,67-76,80,96,111H,9-10,22-23,32-34,39-49,51,53-54,93-94H2,1-8H3,(H2,95,112)(H,97,117)(H,98,120)(H,99,113)(H,100,121)(H,101,116)(H,102,122)(H,103,119)(H,104,118)(H,114,115)/t62-,65-,67-,68-,69-,70-,71-,72+,73+,74-,75-,76-,80-/m0/s1. The minimum absolute atomic E-state index is 0.0143. The number of hydrogen-bond acceptors (Lipinski definition) is 20. The van der Waals surface area contributed by atoms with Gasteiger partial charge in [-0.1, -0.05) is 169 Å². The predicted molar refractivity (Wildman–Crippen MR) is 480 cm³/mol. The number of aromatic nitrogens is 1. The fraction of sp³-hybridized carbons (Fsp3) is 0.478. The van der Waals surface area contributed by atoms with E-state index >= 15 is 19.2 Å². The van der Waals surface area contributed by atoms with Crippen LogP contribution in [-0.2, 0) is 109 Å². The highest BCUT2D eigenvalue weighted by molar-refractivity contribution is 8.00. The molecule has 2 aliphatic heterocycles. The number of rotatable bonds is 49. The Bertz CT molecular complexity index is 4810. The zero-order chi connectivity index (χ0) is 93.4. The molecule has 8 rings (SSSR count). The van der Waals surface area contributed by atoms with Gasteiger partial charge in [-0.3, -0.25) is 71.9 Å². The Morgan fingerprint density at radius 2 is 1.08 bits per heavy atom. The summed E-state index contributed by atoms with van der Waals surface area (Å²) in [5, 5.41) is 42.3. The average Bonchev–Trinajstić information content (AvgIpc) is 1.45. The van der Waals surface area contributed by atoms with E-state index in [1.165, 1.54) is 52.9 Å². The summed E-state index contributed by atoms with van der Waals surface area (Å²) in [6.07, 6.45) is 3.28. The molecule has 0 unspecified atom stereocenters. The summed E-state index contributed by atoms with van der Waals surface area (Å²) in [6, 6.07) is 22.6. The Hall–Kier alpha value is -12.6. The van der Waals surface area contributed by atoms with Crippen molar-refractivity contribution in [3.8, 4) is 5.75 Å². The molecule has 0 bridgehead atoms. The number of hydrogen-bond donors (Lipinski definition) is 14. The third kappa shape index (κ3) is 29.2. The van der Waals surface area contributed by atoms with Crippen LogP contribution in [0.25, 0.3) is 10.9 Å². The molecule has 5 aromatic carbocycles. The lowest BCUT2D eigenvalue weighted by atomic mass is 9.98. The summed E-state index contributed by atoms with van der Waals surface area (Å²) in [5.74, 6) is -13.7. The van der Waals surface area contributed by atoms with Crippen molar-refractivity contribution in [3.05, 3.63) is 174 Å². The third-order valence-corrected chi connectivity index (χ3v) is 23.9. The van der Waals surface area contributed by atoms with E-state index in [4.69, 9.17) is 17.2 Å². The van der Waals surface area contributed by atoms with E-state index in [9.17, 15) is 67.7 Å². The molecular weight excluding hydrogens is 1660 g/mol. The molecule has 2 saturated heterocycles. The molecule has 690 valence electrons. The van der Waals surface area contributed by atoms with Gasteiger partial charge in [0.25, 0.3) is 0 Å². The average molecular weight is 1790 g/mol. The van der Waals surface area contributed by atoms with Gasteiger partial charge in [0.15, 0.2) is 0 Å². The van der Waals surface area contributed by atoms with Gasteiger partial charge in [0, 0.05) is 82.8 Å². The molecule has 0 radical (unpaired) electrons. The van der Waals surface area contributed by atoms with Crippen LogP contribution in [0.2, 0.25) is 0 Å². The number of H-pyrrole nitrogens is 1. The van der Waals surface area contributed by atoms with E-state index in [1.807, 2.05) is 45.0 Å². The monoisotopic (exact) mass is 1790 g/mol. The number of benzene rings is 5. The van der Waals surface area contributed by atoms with Crippen molar-refractivity contribution in [2.75, 3.05) is 58.8 Å². The molecule has 3 heterocycles. The molecule has 0 saturated carbocycles. The normalized spacial score (nSPS) is 16.2. The van der Waals surface area contributed by atoms with Crippen molar-refractivity contribution in [1.82, 2.24) is 72.0 Å². The van der Waals surface area contributed by atoms with Crippen LogP contribution >= 0.6 is 11.8 Å². The number of carbonyl (C=O) groups excluding carboxylic acids is 15. The Balaban J connectivity index is 0.956. The second-order valence-corrected chi connectivity index (χ2v) is 34.4. The number of phenolic OH excluding ortho intramolecular Hbond substituents is 1. The van der Waals surface area contributed by atoms with Crippen molar-refractivity contribution in [2.45, 2.75) is 209 Å². The lowest BCUT2D eigenvalue weighted by Crippen LogP contribution is -2.62. The third-order valence-electron chi connectivity index (χ3n) is 22.9. The number of aliphatic carboxylic acids is 1. The molecule has 0 spiro atoms. The van der Waals surface area contributed by atoms with Gasteiger partial charge in [-0.2, -0.15) is 0 Å². The minimum Gasteiger partial charge on any atom is -0.508 e. The number of thioether (sulfide) groups is 1. The van der Waals surface area contributed by atoms with Gasteiger partial charge in [-0.05, 0) is 116 Å². The number of para-hydroxylation sites is 1. The van der Waals surface area contributed by atoms with Crippen LogP contribution in [0.15, 0.2) is 146 Å². The summed E-state index contributed by atoms with van der Waals surface area (Å²) in [4.78, 5) is 237. The molecule has 1 aromatic heterocycles. The van der Waals surface area contributed by atoms with E-state index in [0.717, 1.165) is 33.1 Å². The topological polar surface area (TPSA) is 520 Å². The highest BCUT2D eigenvalue weighted by Gasteiger charge is 2.46. The van der Waals surface area contributed by atoms with Crippen LogP contribution in [0, 0.1) is 11.8 Å². The Kier molecular flexibility index (Phi) is 39.0. The van der Waals surface area contributed by atoms with Gasteiger partial charge >= 0.3 is 5.97 Å². The molecule has 14 amide bonds. The lowest BCUT2D eigenvalue weighted by Gasteiger charge is -2.38. The lowest BCUT2D eigenvalue weighted by molar-refractivity contribution is -0.152. The highest BCUT2D eigenvalue weighted by atomic mass is 32.2. The van der Waals surface area contributed by atoms with Crippen LogP contribution in [0.5, 0.6) is 5.75 Å². The van der Waals surface area contributed by atoms with E-state index < -0.39 is 192 Å². The Labute approximate surface area is 749 Å². The van der Waals surface area contributed by atoms with Gasteiger partial charge in [-0.25, -0.2) is 0 Å². The van der Waals surface area contributed by atoms with Gasteiger partial charge in [-0.15, -0.1) is 11.8 Å². The number of carbonyl (C=O) groups is 16. The number of primary amides is 1. The molecular formula is C92H123N17O18S. The molecule has 13 atom stereocenters. The minimum atomic E-state index is -1.75. The number of aromatic amines is 1. The number of amides is 14. The zero-order valence-electron chi connectivity index (χ0n) is 73.7. The van der Waals surface area contributed by atoms with Crippen molar-refractivity contribution < 1.29 is 86.9 Å². The molecule has 35 nitrogen and oxygen atoms in total. The van der Waals surface area contributed by atoms with Crippen LogP contribution in [-0.4, -0.2) is 272 Å². The quantitative estimate of drug-likeness (QED) is 0.0242. The summed E-state index contributed by atoms with van der Waals surface area (Å²) in [5.41, 5.74) is 21.8. The fourth-order valence-corrected chi connectivity index (χ4v) is 16.7. The number of aldehydes is 1. The number of nitrogens with two attached hydrogens (primary N) is 3. The smallest absolute Gasteiger partial charge is 0.305 e. The highest BCUT2D eigenvalue weighted by Crippen LogP contribution is 2.28. The summed E-state index contributed by atoms with van der Waals surface area (Å²) in [6.45, 7) is 8.12. The second kappa shape index (κ2) is 49.5. The first kappa shape index (κ1) is 101. The molecule has 128 heavy (non-hydrogen) atoms. The number of carboxylic acids is 1. The summed E-state index contributed by atoms with van der Waals surface area (Å²) >= 11 is 0.897. The first-order valence-corrected chi connectivity index (χ1v) is 44.5. The largest absolute Gasteiger partial charge is 0.508 e. The summed E-state index contributed by atoms with van der Waals surface area (Å²) in [7, 11) is 4.17. The van der Waals surface area contributed by atoms with Crippen molar-refractivity contribution >= 4 is 118 Å². The zero-order valence-corrected chi connectivity index (χ0v) is 74.6. The van der Waals surface area contributed by atoms with Crippen molar-refractivity contribution in [3.63, 3.8) is 0 Å². The van der Waals surface area contributed by atoms with Gasteiger partial charge in [0.1, 0.15) is 78.5 Å². The van der Waals surface area contributed by atoms with Crippen LogP contribution in [0.1, 0.15) is 127 Å². The molecule has 6 aromatic rings.